The molecular formula is C30H31NO6. The van der Waals surface area contributed by atoms with Crippen molar-refractivity contribution in [2.75, 3.05) is 4.90 Å². The number of fused-ring (bicyclic) bond motifs is 5. The van der Waals surface area contributed by atoms with Crippen LogP contribution in [-0.4, -0.2) is 46.8 Å². The summed E-state index contributed by atoms with van der Waals surface area (Å²) in [5, 5.41) is 0. The Morgan fingerprint density at radius 1 is 0.784 bits per heavy atom. The fraction of sp³-hybridized carbons (Fsp3) is 0.400. The van der Waals surface area contributed by atoms with Crippen LogP contribution in [0.25, 0.3) is 6.08 Å². The fourth-order valence-electron chi connectivity index (χ4n) is 5.86. The minimum Gasteiger partial charge on any atom is -0.460 e. The average molecular weight is 502 g/mol. The van der Waals surface area contributed by atoms with E-state index < -0.39 is 58.1 Å². The first kappa shape index (κ1) is 24.9. The predicted molar refractivity (Wildman–Crippen MR) is 138 cm³/mol. The number of benzene rings is 2. The van der Waals surface area contributed by atoms with Crippen molar-refractivity contribution in [3.05, 3.63) is 71.3 Å². The number of nitrogens with zero attached hydrogens (tertiary/aromatic N) is 1. The second kappa shape index (κ2) is 8.13. The smallest absolute Gasteiger partial charge is 0.330 e. The molecule has 3 aliphatic rings. The second-order valence-corrected chi connectivity index (χ2v) is 11.8. The lowest BCUT2D eigenvalue weighted by atomic mass is 9.67. The standard InChI is InChI=1S/C30H31NO6/c1-28(2,3)36-26(34)22-23(27(35)37-29(4,5)6)31-20-14-10-7-11-17(20)15-16-21(31)30(22)24(32)18-12-8-9-13-19(18)25(30)33/h7-16,21-23H,1-6H3/t21-,22+,23+/m0/s1. The van der Waals surface area contributed by atoms with E-state index in [1.807, 2.05) is 30.3 Å². The molecule has 192 valence electrons. The van der Waals surface area contributed by atoms with Crippen molar-refractivity contribution in [1.29, 1.82) is 0 Å². The first-order chi connectivity index (χ1) is 17.3. The van der Waals surface area contributed by atoms with Crippen molar-refractivity contribution < 1.29 is 28.7 Å². The molecule has 0 bridgehead atoms. The molecule has 0 aromatic heterocycles. The Morgan fingerprint density at radius 2 is 1.30 bits per heavy atom. The molecule has 0 radical (unpaired) electrons. The number of hydrogen-bond acceptors (Lipinski definition) is 7. The molecule has 0 amide bonds. The summed E-state index contributed by atoms with van der Waals surface area (Å²) in [6, 6.07) is 11.8. The van der Waals surface area contributed by atoms with Crippen molar-refractivity contribution in [3.8, 4) is 0 Å². The number of para-hydroxylation sites is 1. The zero-order valence-electron chi connectivity index (χ0n) is 21.9. The molecule has 0 unspecified atom stereocenters. The third-order valence-corrected chi connectivity index (χ3v) is 7.02. The highest BCUT2D eigenvalue weighted by Crippen LogP contribution is 2.57. The molecule has 0 N–H and O–H groups in total. The summed E-state index contributed by atoms with van der Waals surface area (Å²) >= 11 is 0. The lowest BCUT2D eigenvalue weighted by Gasteiger charge is -2.37. The quantitative estimate of drug-likeness (QED) is 0.438. The van der Waals surface area contributed by atoms with Crippen LogP contribution < -0.4 is 4.90 Å². The number of Topliss-reactive ketones (excluding diaryl/α,β-unsaturated/α-hetero) is 2. The van der Waals surface area contributed by atoms with Gasteiger partial charge < -0.3 is 14.4 Å². The van der Waals surface area contributed by atoms with Gasteiger partial charge in [-0.1, -0.05) is 54.6 Å². The van der Waals surface area contributed by atoms with E-state index in [9.17, 15) is 19.2 Å². The lowest BCUT2D eigenvalue weighted by molar-refractivity contribution is -0.169. The zero-order chi connectivity index (χ0) is 26.9. The Balaban J connectivity index is 1.80. The van der Waals surface area contributed by atoms with E-state index in [2.05, 4.69) is 0 Å². The number of ether oxygens (including phenoxy) is 2. The van der Waals surface area contributed by atoms with Gasteiger partial charge in [-0.25, -0.2) is 4.79 Å². The number of ketones is 2. The van der Waals surface area contributed by atoms with Crippen LogP contribution >= 0.6 is 0 Å². The molecule has 5 rings (SSSR count). The maximum Gasteiger partial charge on any atom is 0.330 e. The average Bonchev–Trinajstić information content (AvgIpc) is 3.24. The van der Waals surface area contributed by atoms with Crippen LogP contribution in [0.3, 0.4) is 0 Å². The van der Waals surface area contributed by atoms with Gasteiger partial charge in [0.25, 0.3) is 0 Å². The first-order valence-corrected chi connectivity index (χ1v) is 12.5. The number of esters is 2. The van der Waals surface area contributed by atoms with E-state index in [0.29, 0.717) is 5.69 Å². The number of anilines is 1. The molecule has 37 heavy (non-hydrogen) atoms. The Labute approximate surface area is 216 Å². The topological polar surface area (TPSA) is 90.0 Å². The maximum absolute atomic E-state index is 14.3. The molecule has 2 aliphatic heterocycles. The summed E-state index contributed by atoms with van der Waals surface area (Å²) in [5.74, 6) is -3.84. The summed E-state index contributed by atoms with van der Waals surface area (Å²) < 4.78 is 11.6. The normalized spacial score (nSPS) is 23.5. The minimum atomic E-state index is -1.88. The molecule has 2 aromatic rings. The molecule has 0 saturated carbocycles. The summed E-state index contributed by atoms with van der Waals surface area (Å²) in [5.41, 5.74) is -1.70. The van der Waals surface area contributed by atoms with Crippen molar-refractivity contribution >= 4 is 35.3 Å². The minimum absolute atomic E-state index is 0.248. The highest BCUT2D eigenvalue weighted by Gasteiger charge is 2.74. The van der Waals surface area contributed by atoms with Crippen LogP contribution in [0.1, 0.15) is 67.8 Å². The van der Waals surface area contributed by atoms with Gasteiger partial charge in [-0.15, -0.1) is 0 Å². The van der Waals surface area contributed by atoms with Gasteiger partial charge in [0.15, 0.2) is 11.6 Å². The molecular weight excluding hydrogens is 470 g/mol. The lowest BCUT2D eigenvalue weighted by Crippen LogP contribution is -2.52. The van der Waals surface area contributed by atoms with Crippen LogP contribution in [0.4, 0.5) is 5.69 Å². The van der Waals surface area contributed by atoms with E-state index >= 15 is 0 Å². The molecule has 1 saturated heterocycles. The Kier molecular flexibility index (Phi) is 5.48. The van der Waals surface area contributed by atoms with Gasteiger partial charge in [0, 0.05) is 16.8 Å². The van der Waals surface area contributed by atoms with E-state index in [1.54, 1.807) is 76.8 Å². The predicted octanol–water partition coefficient (Wildman–Crippen LogP) is 4.64. The number of carbonyl (C=O) groups excluding carboxylic acids is 4. The molecule has 2 heterocycles. The van der Waals surface area contributed by atoms with Gasteiger partial charge in [-0.3, -0.25) is 14.4 Å². The Hall–Kier alpha value is -3.74. The van der Waals surface area contributed by atoms with Crippen molar-refractivity contribution in [1.82, 2.24) is 0 Å². The zero-order valence-corrected chi connectivity index (χ0v) is 21.9. The molecule has 1 aliphatic carbocycles. The van der Waals surface area contributed by atoms with E-state index in [0.717, 1.165) is 5.56 Å². The molecule has 7 nitrogen and oxygen atoms in total. The summed E-state index contributed by atoms with van der Waals surface area (Å²) in [6.07, 6.45) is 3.59. The van der Waals surface area contributed by atoms with Gasteiger partial charge in [0.1, 0.15) is 28.6 Å². The van der Waals surface area contributed by atoms with E-state index in [-0.39, 0.29) is 11.1 Å². The van der Waals surface area contributed by atoms with Crippen LogP contribution in [0.5, 0.6) is 0 Å². The third-order valence-electron chi connectivity index (χ3n) is 7.02. The largest absolute Gasteiger partial charge is 0.460 e. The number of rotatable bonds is 2. The van der Waals surface area contributed by atoms with Gasteiger partial charge in [-0.05, 0) is 53.2 Å². The molecule has 1 spiro atoms. The first-order valence-electron chi connectivity index (χ1n) is 12.5. The summed E-state index contributed by atoms with van der Waals surface area (Å²) in [6.45, 7) is 10.4. The second-order valence-electron chi connectivity index (χ2n) is 11.8. The fourth-order valence-corrected chi connectivity index (χ4v) is 5.86. The third kappa shape index (κ3) is 3.71. The van der Waals surface area contributed by atoms with Crippen LogP contribution in [0.2, 0.25) is 0 Å². The highest BCUT2D eigenvalue weighted by atomic mass is 16.6. The Bertz CT molecular complexity index is 1320. The molecule has 1 fully saturated rings. The monoisotopic (exact) mass is 501 g/mol. The number of carbonyl (C=O) groups is 4. The van der Waals surface area contributed by atoms with Gasteiger partial charge >= 0.3 is 11.9 Å². The summed E-state index contributed by atoms with van der Waals surface area (Å²) in [4.78, 5) is 58.2. The molecule has 3 atom stereocenters. The van der Waals surface area contributed by atoms with Gasteiger partial charge in [-0.2, -0.15) is 0 Å². The number of hydrogen-bond donors (Lipinski definition) is 0. The molecule has 7 heteroatoms. The molecule has 2 aromatic carbocycles. The summed E-state index contributed by atoms with van der Waals surface area (Å²) in [7, 11) is 0. The van der Waals surface area contributed by atoms with E-state index in [4.69, 9.17) is 9.47 Å². The SMILES string of the molecule is CC(C)(C)OC(=O)[C@H]1[C@H](C(=O)OC(C)(C)C)C2(C(=O)c3ccccc3C2=O)[C@@H]2C=Cc3ccccc3N21. The van der Waals surface area contributed by atoms with Gasteiger partial charge in [0.2, 0.25) is 0 Å². The van der Waals surface area contributed by atoms with Crippen molar-refractivity contribution in [2.24, 2.45) is 11.3 Å². The Morgan fingerprint density at radius 3 is 1.86 bits per heavy atom. The van der Waals surface area contributed by atoms with E-state index in [1.165, 1.54) is 0 Å². The van der Waals surface area contributed by atoms with Crippen molar-refractivity contribution in [2.45, 2.75) is 64.8 Å². The van der Waals surface area contributed by atoms with Crippen molar-refractivity contribution in [3.63, 3.8) is 0 Å². The van der Waals surface area contributed by atoms with Gasteiger partial charge in [0.05, 0.1) is 6.04 Å². The van der Waals surface area contributed by atoms with Crippen LogP contribution in [0.15, 0.2) is 54.6 Å². The van der Waals surface area contributed by atoms with Crippen LogP contribution in [0, 0.1) is 11.3 Å². The highest BCUT2D eigenvalue weighted by molar-refractivity contribution is 6.32. The maximum atomic E-state index is 14.3. The van der Waals surface area contributed by atoms with Crippen LogP contribution in [-0.2, 0) is 19.1 Å².